The van der Waals surface area contributed by atoms with Crippen LogP contribution in [0.1, 0.15) is 22.3 Å². The molecule has 0 fully saturated rings. The Balaban J connectivity index is 0.918. The topological polar surface area (TPSA) is 87.2 Å². The SMILES string of the molecule is Cc1ccc(-c2ccc3c(c2)c2ccccc2n3-c2ccc(-c3nc(-c4ccccc4)nc(-c4ccccc4)n3)cc2-c2cccc(-c3cc(-c4nc(-c5ccccc5)nc(-c5ccccc5)n4)ccc3-n3c4ccccc4c4cc(-c5ccc(C)cc5C(F)(F)F)ccc43)c2)c(C)c1. The molecule has 0 aliphatic heterocycles. The van der Waals surface area contributed by atoms with Crippen molar-refractivity contribution < 1.29 is 13.2 Å². The molecule has 0 radical (unpaired) electrons. The van der Waals surface area contributed by atoms with E-state index in [0.29, 0.717) is 46.1 Å². The van der Waals surface area contributed by atoms with Gasteiger partial charge in [0.2, 0.25) is 0 Å². The van der Waals surface area contributed by atoms with Gasteiger partial charge in [-0.2, -0.15) is 13.2 Å². The number of para-hydroxylation sites is 2. The molecule has 0 aliphatic carbocycles. The van der Waals surface area contributed by atoms with E-state index in [4.69, 9.17) is 29.9 Å². The third-order valence-electron chi connectivity index (χ3n) is 18.7. The lowest BCUT2D eigenvalue weighted by Gasteiger charge is -2.19. The fraction of sp³-hybridized carbons (Fsp3) is 0.0455. The Morgan fingerprint density at radius 3 is 0.990 bits per heavy atom. The van der Waals surface area contributed by atoms with Gasteiger partial charge >= 0.3 is 6.18 Å². The highest BCUT2D eigenvalue weighted by molar-refractivity contribution is 6.13. The van der Waals surface area contributed by atoms with Gasteiger partial charge in [-0.1, -0.05) is 230 Å². The lowest BCUT2D eigenvalue weighted by atomic mass is 9.94. The molecule has 0 amide bonds. The van der Waals surface area contributed by atoms with E-state index < -0.39 is 11.7 Å². The summed E-state index contributed by atoms with van der Waals surface area (Å²) in [5, 5.41) is 3.92. The molecule has 8 nitrogen and oxygen atoms in total. The first-order chi connectivity index (χ1) is 48.4. The normalized spacial score (nSPS) is 11.7. The fourth-order valence-corrected chi connectivity index (χ4v) is 14.0. The summed E-state index contributed by atoms with van der Waals surface area (Å²) in [5.74, 6) is 3.13. The lowest BCUT2D eigenvalue weighted by Crippen LogP contribution is -2.07. The number of fused-ring (bicyclic) bond motifs is 6. The van der Waals surface area contributed by atoms with Gasteiger partial charge in [-0.25, -0.2) is 29.9 Å². The number of aromatic nitrogens is 8. The number of nitrogens with zero attached hydrogens (tertiary/aromatic N) is 8. The summed E-state index contributed by atoms with van der Waals surface area (Å²) in [4.78, 5) is 31.2. The second kappa shape index (κ2) is 24.5. The highest BCUT2D eigenvalue weighted by Crippen LogP contribution is 2.46. The van der Waals surface area contributed by atoms with Crippen LogP contribution in [0.25, 0.3) is 168 Å². The number of rotatable bonds is 12. The van der Waals surface area contributed by atoms with Gasteiger partial charge in [-0.05, 0) is 145 Å². The standard InChI is InChI=1S/C88H59F3N8/c1-54-35-41-67(56(3)47-54)63-37-43-80-73(50-63)69-31-16-18-33-76(69)98(80)78-45-39-65(86-94-82(57-21-8-4-9-22-57)92-83(95-86)58-23-10-5-11-24-58)52-71(78)61-29-20-30-62(49-61)72-53-66(87-96-84(59-25-12-6-13-26-59)93-85(97-87)60-27-14-7-15-28-60)40-46-79(72)99-77-34-19-17-32-70(77)74-51-64(38-44-81(74)99)68-42-36-55(2)48-75(68)88(89,90)91/h4-53H,1-3H3. The van der Waals surface area contributed by atoms with E-state index in [9.17, 15) is 13.2 Å². The smallest absolute Gasteiger partial charge is 0.309 e. The molecule has 0 saturated carbocycles. The Morgan fingerprint density at radius 1 is 0.242 bits per heavy atom. The van der Waals surface area contributed by atoms with Crippen LogP contribution in [-0.4, -0.2) is 39.0 Å². The number of hydrogen-bond acceptors (Lipinski definition) is 6. The maximum Gasteiger partial charge on any atom is 0.417 e. The molecule has 0 saturated heterocycles. The van der Waals surface area contributed by atoms with E-state index >= 15 is 0 Å². The Kier molecular flexibility index (Phi) is 14.8. The van der Waals surface area contributed by atoms with Crippen LogP contribution in [0.2, 0.25) is 0 Å². The third-order valence-corrected chi connectivity index (χ3v) is 18.7. The van der Waals surface area contributed by atoms with E-state index in [2.05, 4.69) is 150 Å². The molecule has 472 valence electrons. The molecule has 0 aliphatic rings. The zero-order chi connectivity index (χ0) is 66.9. The van der Waals surface area contributed by atoms with Crippen LogP contribution in [0.4, 0.5) is 13.2 Å². The Morgan fingerprint density at radius 2 is 0.576 bits per heavy atom. The van der Waals surface area contributed by atoms with Crippen molar-refractivity contribution in [3.8, 4) is 124 Å². The summed E-state index contributed by atoms with van der Waals surface area (Å²) < 4.78 is 49.4. The van der Waals surface area contributed by atoms with Gasteiger partial charge in [0, 0.05) is 66.1 Å². The number of halogens is 3. The summed E-state index contributed by atoms with van der Waals surface area (Å²) in [6, 6.07) is 102. The van der Waals surface area contributed by atoms with Crippen molar-refractivity contribution in [2.24, 2.45) is 0 Å². The molecule has 0 spiro atoms. The predicted molar refractivity (Wildman–Crippen MR) is 395 cm³/mol. The Labute approximate surface area is 569 Å². The summed E-state index contributed by atoms with van der Waals surface area (Å²) in [7, 11) is 0. The number of hydrogen-bond donors (Lipinski definition) is 0. The first-order valence-electron chi connectivity index (χ1n) is 32.9. The average Bonchev–Trinajstić information content (AvgIpc) is 1.59. The van der Waals surface area contributed by atoms with Crippen LogP contribution in [0, 0.1) is 20.8 Å². The number of benzene rings is 13. The van der Waals surface area contributed by atoms with Gasteiger partial charge in [-0.3, -0.25) is 0 Å². The van der Waals surface area contributed by atoms with Crippen LogP contribution in [-0.2, 0) is 6.18 Å². The van der Waals surface area contributed by atoms with E-state index in [0.717, 1.165) is 116 Å². The molecule has 17 rings (SSSR count). The quantitative estimate of drug-likeness (QED) is 0.121. The van der Waals surface area contributed by atoms with Crippen molar-refractivity contribution >= 4 is 43.6 Å². The van der Waals surface area contributed by atoms with Crippen molar-refractivity contribution in [1.29, 1.82) is 0 Å². The molecule has 4 aromatic heterocycles. The minimum Gasteiger partial charge on any atom is -0.309 e. The van der Waals surface area contributed by atoms with E-state index in [1.807, 2.05) is 152 Å². The molecule has 0 bridgehead atoms. The third kappa shape index (κ3) is 11.1. The van der Waals surface area contributed by atoms with Crippen LogP contribution < -0.4 is 0 Å². The molecular weight excluding hydrogens is 1230 g/mol. The van der Waals surface area contributed by atoms with Crippen LogP contribution in [0.5, 0.6) is 0 Å². The summed E-state index contributed by atoms with van der Waals surface area (Å²) >= 11 is 0. The second-order valence-electron chi connectivity index (χ2n) is 25.2. The van der Waals surface area contributed by atoms with Crippen molar-refractivity contribution in [2.45, 2.75) is 26.9 Å². The van der Waals surface area contributed by atoms with E-state index in [1.54, 1.807) is 25.1 Å². The molecule has 4 heterocycles. The van der Waals surface area contributed by atoms with Crippen LogP contribution in [0.15, 0.2) is 303 Å². The lowest BCUT2D eigenvalue weighted by molar-refractivity contribution is -0.137. The fourth-order valence-electron chi connectivity index (χ4n) is 14.0. The van der Waals surface area contributed by atoms with Crippen LogP contribution in [0.3, 0.4) is 0 Å². The van der Waals surface area contributed by atoms with Crippen LogP contribution >= 0.6 is 0 Å². The first-order valence-corrected chi connectivity index (χ1v) is 32.9. The first kappa shape index (κ1) is 60.0. The summed E-state index contributed by atoms with van der Waals surface area (Å²) in [6.45, 7) is 5.99. The maximum absolute atomic E-state index is 14.9. The molecule has 0 unspecified atom stereocenters. The minimum absolute atomic E-state index is 0.117. The Hall–Kier alpha value is -12.7. The van der Waals surface area contributed by atoms with Gasteiger partial charge in [0.1, 0.15) is 0 Å². The van der Waals surface area contributed by atoms with Crippen molar-refractivity contribution in [1.82, 2.24) is 39.0 Å². The monoisotopic (exact) mass is 1280 g/mol. The zero-order valence-corrected chi connectivity index (χ0v) is 54.1. The highest BCUT2D eigenvalue weighted by atomic mass is 19.4. The molecular formula is C88H59F3N8. The number of alkyl halides is 3. The average molecular weight is 1290 g/mol. The molecule has 0 N–H and O–H groups in total. The summed E-state index contributed by atoms with van der Waals surface area (Å²) in [5.41, 5.74) is 19.2. The van der Waals surface area contributed by atoms with Crippen molar-refractivity contribution in [2.75, 3.05) is 0 Å². The van der Waals surface area contributed by atoms with Crippen molar-refractivity contribution in [3.63, 3.8) is 0 Å². The van der Waals surface area contributed by atoms with E-state index in [-0.39, 0.29) is 5.56 Å². The largest absolute Gasteiger partial charge is 0.417 e. The molecule has 11 heteroatoms. The second-order valence-corrected chi connectivity index (χ2v) is 25.2. The van der Waals surface area contributed by atoms with Gasteiger partial charge < -0.3 is 9.13 Å². The van der Waals surface area contributed by atoms with Gasteiger partial charge in [-0.15, -0.1) is 0 Å². The zero-order valence-electron chi connectivity index (χ0n) is 54.1. The Bertz CT molecular complexity index is 5890. The predicted octanol–water partition coefficient (Wildman–Crippen LogP) is 22.9. The van der Waals surface area contributed by atoms with Gasteiger partial charge in [0.25, 0.3) is 0 Å². The van der Waals surface area contributed by atoms with Gasteiger partial charge in [0.15, 0.2) is 34.9 Å². The van der Waals surface area contributed by atoms with Crippen molar-refractivity contribution in [3.05, 3.63) is 326 Å². The highest BCUT2D eigenvalue weighted by Gasteiger charge is 2.34. The molecule has 17 aromatic rings. The molecule has 0 atom stereocenters. The van der Waals surface area contributed by atoms with E-state index in [1.165, 1.54) is 22.8 Å². The maximum atomic E-state index is 14.9. The minimum atomic E-state index is -4.57. The molecule has 99 heavy (non-hydrogen) atoms. The molecule has 13 aromatic carbocycles. The van der Waals surface area contributed by atoms with Gasteiger partial charge in [0.05, 0.1) is 39.0 Å². The number of aryl methyl sites for hydroxylation is 3. The summed E-state index contributed by atoms with van der Waals surface area (Å²) in [6.07, 6.45) is -4.57.